The average molecular weight is 401 g/mol. The molecular formula is C24H36N2O3. The number of carbonyl (C=O) groups excluding carboxylic acids is 2. The van der Waals surface area contributed by atoms with Gasteiger partial charge in [0.05, 0.1) is 13.0 Å². The number of nitrogens with one attached hydrogen (secondary N) is 1. The van der Waals surface area contributed by atoms with E-state index in [2.05, 4.69) is 5.32 Å². The fraction of sp³-hybridized carbons (Fsp3) is 0.667. The van der Waals surface area contributed by atoms with Crippen LogP contribution in [-0.2, 0) is 16.0 Å². The van der Waals surface area contributed by atoms with Crippen molar-refractivity contribution < 1.29 is 14.3 Å². The highest BCUT2D eigenvalue weighted by molar-refractivity contribution is 5.79. The van der Waals surface area contributed by atoms with Crippen molar-refractivity contribution in [3.05, 3.63) is 29.8 Å². The first-order valence-corrected chi connectivity index (χ1v) is 11.4. The third kappa shape index (κ3) is 7.06. The van der Waals surface area contributed by atoms with Crippen molar-refractivity contribution in [2.24, 2.45) is 5.92 Å². The summed E-state index contributed by atoms with van der Waals surface area (Å²) in [5.41, 5.74) is 1.01. The molecule has 29 heavy (non-hydrogen) atoms. The summed E-state index contributed by atoms with van der Waals surface area (Å²) in [5.74, 6) is 1.94. The van der Waals surface area contributed by atoms with Gasteiger partial charge < -0.3 is 15.0 Å². The van der Waals surface area contributed by atoms with Gasteiger partial charge in [0.2, 0.25) is 11.8 Å². The van der Waals surface area contributed by atoms with Gasteiger partial charge in [0.1, 0.15) is 5.75 Å². The normalized spacial score (nSPS) is 18.4. The molecule has 160 valence electrons. The Labute approximate surface area is 175 Å². The molecule has 0 unspecified atom stereocenters. The molecule has 2 amide bonds. The van der Waals surface area contributed by atoms with Crippen LogP contribution in [0.3, 0.4) is 0 Å². The second-order valence-electron chi connectivity index (χ2n) is 8.52. The summed E-state index contributed by atoms with van der Waals surface area (Å²) in [6.07, 6.45) is 10.4. The zero-order valence-electron chi connectivity index (χ0n) is 17.8. The van der Waals surface area contributed by atoms with Crippen LogP contribution in [0.1, 0.15) is 70.3 Å². The summed E-state index contributed by atoms with van der Waals surface area (Å²) >= 11 is 0. The maximum absolute atomic E-state index is 12.6. The van der Waals surface area contributed by atoms with E-state index in [4.69, 9.17) is 4.74 Å². The molecule has 1 heterocycles. The Hall–Kier alpha value is -2.04. The average Bonchev–Trinajstić information content (AvgIpc) is 2.75. The zero-order valence-corrected chi connectivity index (χ0v) is 17.8. The maximum Gasteiger partial charge on any atom is 0.226 e. The van der Waals surface area contributed by atoms with Crippen molar-refractivity contribution in [3.8, 4) is 5.75 Å². The molecule has 2 aliphatic rings. The van der Waals surface area contributed by atoms with Crippen LogP contribution >= 0.6 is 0 Å². The molecule has 0 spiro atoms. The van der Waals surface area contributed by atoms with E-state index >= 15 is 0 Å². The van der Waals surface area contributed by atoms with Gasteiger partial charge in [-0.1, -0.05) is 44.2 Å². The molecule has 1 saturated carbocycles. The molecule has 0 atom stereocenters. The van der Waals surface area contributed by atoms with E-state index in [0.717, 1.165) is 49.6 Å². The number of hydrogen-bond donors (Lipinski definition) is 1. The molecule has 0 radical (unpaired) electrons. The maximum atomic E-state index is 12.6. The monoisotopic (exact) mass is 400 g/mol. The Morgan fingerprint density at radius 3 is 2.38 bits per heavy atom. The van der Waals surface area contributed by atoms with Gasteiger partial charge in [-0.3, -0.25) is 9.59 Å². The Bertz CT molecular complexity index is 645. The van der Waals surface area contributed by atoms with Crippen LogP contribution in [0.2, 0.25) is 0 Å². The smallest absolute Gasteiger partial charge is 0.226 e. The number of amides is 2. The number of carbonyl (C=O) groups is 2. The van der Waals surface area contributed by atoms with E-state index in [9.17, 15) is 9.59 Å². The molecule has 1 aliphatic carbocycles. The van der Waals surface area contributed by atoms with Gasteiger partial charge in [0.15, 0.2) is 0 Å². The Balaban J connectivity index is 1.34. The van der Waals surface area contributed by atoms with Crippen molar-refractivity contribution in [2.45, 2.75) is 77.2 Å². The lowest BCUT2D eigenvalue weighted by Crippen LogP contribution is -2.47. The number of piperidine rings is 1. The molecule has 1 aromatic carbocycles. The number of ether oxygens (including phenoxy) is 1. The Kier molecular flexibility index (Phi) is 8.38. The fourth-order valence-electron chi connectivity index (χ4n) is 4.54. The molecule has 1 aliphatic heterocycles. The highest BCUT2D eigenvalue weighted by Gasteiger charge is 2.24. The van der Waals surface area contributed by atoms with Crippen molar-refractivity contribution >= 4 is 11.8 Å². The third-order valence-corrected chi connectivity index (χ3v) is 6.31. The van der Waals surface area contributed by atoms with E-state index in [1.54, 1.807) is 0 Å². The quantitative estimate of drug-likeness (QED) is 0.715. The first-order valence-electron chi connectivity index (χ1n) is 11.4. The zero-order chi connectivity index (χ0) is 20.5. The SMILES string of the molecule is CCOc1ccc(CC(=O)N2CCC(NC(=O)CCC3CCCCC3)CC2)cc1. The minimum atomic E-state index is 0.163. The van der Waals surface area contributed by atoms with Gasteiger partial charge in [-0.25, -0.2) is 0 Å². The predicted octanol–water partition coefficient (Wildman–Crippen LogP) is 4.10. The highest BCUT2D eigenvalue weighted by atomic mass is 16.5. The summed E-state index contributed by atoms with van der Waals surface area (Å²) in [4.78, 5) is 26.8. The number of likely N-dealkylation sites (tertiary alicyclic amines) is 1. The number of rotatable bonds is 8. The minimum Gasteiger partial charge on any atom is -0.494 e. The van der Waals surface area contributed by atoms with Gasteiger partial charge in [-0.15, -0.1) is 0 Å². The number of nitrogens with zero attached hydrogens (tertiary/aromatic N) is 1. The van der Waals surface area contributed by atoms with Crippen LogP contribution < -0.4 is 10.1 Å². The van der Waals surface area contributed by atoms with Crippen molar-refractivity contribution in [3.63, 3.8) is 0 Å². The molecule has 5 nitrogen and oxygen atoms in total. The van der Waals surface area contributed by atoms with Gasteiger partial charge in [0.25, 0.3) is 0 Å². The number of benzene rings is 1. The van der Waals surface area contributed by atoms with E-state index < -0.39 is 0 Å². The third-order valence-electron chi connectivity index (χ3n) is 6.31. The molecule has 0 bridgehead atoms. The fourth-order valence-corrected chi connectivity index (χ4v) is 4.54. The molecule has 1 aromatic rings. The van der Waals surface area contributed by atoms with Gasteiger partial charge in [0, 0.05) is 25.6 Å². The van der Waals surface area contributed by atoms with Crippen LogP contribution in [0, 0.1) is 5.92 Å². The van der Waals surface area contributed by atoms with Crippen LogP contribution in [0.15, 0.2) is 24.3 Å². The van der Waals surface area contributed by atoms with Gasteiger partial charge in [-0.2, -0.15) is 0 Å². The van der Waals surface area contributed by atoms with Crippen LogP contribution in [0.4, 0.5) is 0 Å². The molecule has 2 fully saturated rings. The van der Waals surface area contributed by atoms with Crippen LogP contribution in [0.25, 0.3) is 0 Å². The first kappa shape index (κ1) is 21.7. The lowest BCUT2D eigenvalue weighted by molar-refractivity contribution is -0.131. The molecular weight excluding hydrogens is 364 g/mol. The lowest BCUT2D eigenvalue weighted by Gasteiger charge is -2.32. The number of hydrogen-bond acceptors (Lipinski definition) is 3. The molecule has 3 rings (SSSR count). The lowest BCUT2D eigenvalue weighted by atomic mass is 9.86. The summed E-state index contributed by atoms with van der Waals surface area (Å²) in [7, 11) is 0. The van der Waals surface area contributed by atoms with Crippen LogP contribution in [0.5, 0.6) is 5.75 Å². The second kappa shape index (κ2) is 11.2. The van der Waals surface area contributed by atoms with Gasteiger partial charge >= 0.3 is 0 Å². The Morgan fingerprint density at radius 2 is 1.72 bits per heavy atom. The van der Waals surface area contributed by atoms with Crippen molar-refractivity contribution in [1.82, 2.24) is 10.2 Å². The van der Waals surface area contributed by atoms with E-state index in [0.29, 0.717) is 19.4 Å². The largest absolute Gasteiger partial charge is 0.494 e. The molecule has 5 heteroatoms. The standard InChI is InChI=1S/C24H36N2O3/c1-2-29-22-11-8-20(9-12-22)18-24(28)26-16-14-21(15-17-26)25-23(27)13-10-19-6-4-3-5-7-19/h8-9,11-12,19,21H,2-7,10,13-18H2,1H3,(H,25,27). The summed E-state index contributed by atoms with van der Waals surface area (Å²) in [6, 6.07) is 7.97. The Morgan fingerprint density at radius 1 is 1.03 bits per heavy atom. The topological polar surface area (TPSA) is 58.6 Å². The summed E-state index contributed by atoms with van der Waals surface area (Å²) < 4.78 is 5.45. The second-order valence-corrected chi connectivity index (χ2v) is 8.52. The van der Waals surface area contributed by atoms with Crippen molar-refractivity contribution in [1.29, 1.82) is 0 Å². The molecule has 0 aromatic heterocycles. The summed E-state index contributed by atoms with van der Waals surface area (Å²) in [5, 5.41) is 3.19. The van der Waals surface area contributed by atoms with E-state index in [1.807, 2.05) is 36.1 Å². The highest BCUT2D eigenvalue weighted by Crippen LogP contribution is 2.27. The van der Waals surface area contributed by atoms with Gasteiger partial charge in [-0.05, 0) is 49.8 Å². The van der Waals surface area contributed by atoms with Crippen molar-refractivity contribution in [2.75, 3.05) is 19.7 Å². The predicted molar refractivity (Wildman–Crippen MR) is 115 cm³/mol. The molecule has 1 N–H and O–H groups in total. The van der Waals surface area contributed by atoms with E-state index in [1.165, 1.54) is 32.1 Å². The minimum absolute atomic E-state index is 0.163. The van der Waals surface area contributed by atoms with E-state index in [-0.39, 0.29) is 17.9 Å². The summed E-state index contributed by atoms with van der Waals surface area (Å²) in [6.45, 7) is 4.05. The first-order chi connectivity index (χ1) is 14.1. The molecule has 1 saturated heterocycles. The van der Waals surface area contributed by atoms with Crippen LogP contribution in [-0.4, -0.2) is 42.5 Å².